The van der Waals surface area contributed by atoms with Crippen molar-refractivity contribution >= 4 is 12.1 Å². The first-order valence-electron chi connectivity index (χ1n) is 5.66. The zero-order chi connectivity index (χ0) is 13.5. The van der Waals surface area contributed by atoms with Gasteiger partial charge in [0.15, 0.2) is 0 Å². The van der Waals surface area contributed by atoms with Crippen LogP contribution in [-0.2, 0) is 16.1 Å². The van der Waals surface area contributed by atoms with Gasteiger partial charge < -0.3 is 14.7 Å². The molecule has 0 heterocycles. The Bertz CT molecular complexity index is 405. The quantitative estimate of drug-likeness (QED) is 0.870. The van der Waals surface area contributed by atoms with Crippen molar-refractivity contribution in [1.82, 2.24) is 4.90 Å². The Hall–Kier alpha value is -2.04. The zero-order valence-corrected chi connectivity index (χ0v) is 10.5. The summed E-state index contributed by atoms with van der Waals surface area (Å²) >= 11 is 0. The maximum absolute atomic E-state index is 11.7. The topological polar surface area (TPSA) is 66.8 Å². The van der Waals surface area contributed by atoms with Crippen LogP contribution in [0.15, 0.2) is 30.3 Å². The lowest BCUT2D eigenvalue weighted by molar-refractivity contribution is -0.138. The molecular weight excluding hydrogens is 234 g/mol. The molecule has 0 aromatic heterocycles. The molecule has 0 radical (unpaired) electrons. The second-order valence-corrected chi connectivity index (χ2v) is 4.10. The molecule has 1 aromatic rings. The molecule has 5 nitrogen and oxygen atoms in total. The van der Waals surface area contributed by atoms with Crippen molar-refractivity contribution < 1.29 is 19.4 Å². The minimum atomic E-state index is -0.940. The molecule has 0 saturated carbocycles. The van der Waals surface area contributed by atoms with Crippen molar-refractivity contribution in [1.29, 1.82) is 0 Å². The summed E-state index contributed by atoms with van der Waals surface area (Å²) in [5, 5.41) is 8.64. The van der Waals surface area contributed by atoms with Crippen LogP contribution in [0.2, 0.25) is 0 Å². The highest BCUT2D eigenvalue weighted by Crippen LogP contribution is 2.06. The van der Waals surface area contributed by atoms with E-state index in [1.807, 2.05) is 30.3 Å². The van der Waals surface area contributed by atoms with Gasteiger partial charge in [-0.15, -0.1) is 0 Å². The smallest absolute Gasteiger partial charge is 0.410 e. The van der Waals surface area contributed by atoms with Crippen LogP contribution in [0.4, 0.5) is 4.79 Å². The van der Waals surface area contributed by atoms with E-state index in [0.29, 0.717) is 0 Å². The predicted molar refractivity (Wildman–Crippen MR) is 66.1 cm³/mol. The fourth-order valence-electron chi connectivity index (χ4n) is 1.39. The second kappa shape index (κ2) is 6.64. The molecule has 1 atom stereocenters. The summed E-state index contributed by atoms with van der Waals surface area (Å²) in [6, 6.07) is 8.92. The average Bonchev–Trinajstić information content (AvgIpc) is 2.35. The number of hydrogen-bond donors (Lipinski definition) is 1. The lowest BCUT2D eigenvalue weighted by Crippen LogP contribution is -2.36. The largest absolute Gasteiger partial charge is 0.481 e. The number of ether oxygens (including phenoxy) is 1. The van der Waals surface area contributed by atoms with Crippen LogP contribution in [0.5, 0.6) is 0 Å². The lowest BCUT2D eigenvalue weighted by atomic mass is 10.2. The number of benzene rings is 1. The normalized spacial score (nSPS) is 11.7. The number of rotatable bonds is 5. The van der Waals surface area contributed by atoms with Crippen molar-refractivity contribution in [2.45, 2.75) is 26.0 Å². The summed E-state index contributed by atoms with van der Waals surface area (Å²) in [6.45, 7) is 1.85. The van der Waals surface area contributed by atoms with Gasteiger partial charge in [0.2, 0.25) is 0 Å². The van der Waals surface area contributed by atoms with E-state index in [1.54, 1.807) is 6.92 Å². The molecule has 0 aliphatic rings. The molecule has 1 rings (SSSR count). The van der Waals surface area contributed by atoms with Crippen LogP contribution in [0.3, 0.4) is 0 Å². The number of nitrogens with zero attached hydrogens (tertiary/aromatic N) is 1. The van der Waals surface area contributed by atoms with Gasteiger partial charge in [-0.25, -0.2) is 4.79 Å². The third-order valence-electron chi connectivity index (χ3n) is 2.62. The van der Waals surface area contributed by atoms with E-state index in [1.165, 1.54) is 11.9 Å². The van der Waals surface area contributed by atoms with Crippen molar-refractivity contribution in [3.63, 3.8) is 0 Å². The van der Waals surface area contributed by atoms with E-state index in [9.17, 15) is 9.59 Å². The van der Waals surface area contributed by atoms with E-state index in [2.05, 4.69) is 0 Å². The van der Waals surface area contributed by atoms with E-state index in [0.717, 1.165) is 5.56 Å². The summed E-state index contributed by atoms with van der Waals surface area (Å²) in [6.07, 6.45) is -0.621. The van der Waals surface area contributed by atoms with Crippen molar-refractivity contribution in [2.75, 3.05) is 7.05 Å². The van der Waals surface area contributed by atoms with Gasteiger partial charge in [0.1, 0.15) is 6.61 Å². The van der Waals surface area contributed by atoms with Gasteiger partial charge in [-0.1, -0.05) is 30.3 Å². The van der Waals surface area contributed by atoms with Gasteiger partial charge in [-0.05, 0) is 12.5 Å². The Kier molecular flexibility index (Phi) is 5.17. The lowest BCUT2D eigenvalue weighted by Gasteiger charge is -2.22. The first-order valence-corrected chi connectivity index (χ1v) is 5.66. The Balaban J connectivity index is 2.43. The summed E-state index contributed by atoms with van der Waals surface area (Å²) in [4.78, 5) is 23.5. The van der Waals surface area contributed by atoms with Gasteiger partial charge >= 0.3 is 12.1 Å². The molecule has 18 heavy (non-hydrogen) atoms. The second-order valence-electron chi connectivity index (χ2n) is 4.10. The van der Waals surface area contributed by atoms with E-state index in [4.69, 9.17) is 9.84 Å². The zero-order valence-electron chi connectivity index (χ0n) is 10.5. The monoisotopic (exact) mass is 251 g/mol. The molecule has 0 bridgehead atoms. The van der Waals surface area contributed by atoms with E-state index < -0.39 is 18.1 Å². The van der Waals surface area contributed by atoms with E-state index >= 15 is 0 Å². The van der Waals surface area contributed by atoms with Gasteiger partial charge in [0.05, 0.1) is 6.42 Å². The first kappa shape index (κ1) is 14.0. The molecule has 1 N–H and O–H groups in total. The Labute approximate surface area is 106 Å². The average molecular weight is 251 g/mol. The number of carboxylic acid groups (broad SMARTS) is 1. The summed E-state index contributed by atoms with van der Waals surface area (Å²) in [7, 11) is 1.53. The van der Waals surface area contributed by atoms with Gasteiger partial charge in [0.25, 0.3) is 0 Å². The van der Waals surface area contributed by atoms with Crippen LogP contribution >= 0.6 is 0 Å². The fourth-order valence-corrected chi connectivity index (χ4v) is 1.39. The first-order chi connectivity index (χ1) is 8.50. The molecule has 0 aliphatic carbocycles. The van der Waals surface area contributed by atoms with Crippen LogP contribution in [0, 0.1) is 0 Å². The minimum absolute atomic E-state index is 0.100. The number of carboxylic acids is 1. The highest BCUT2D eigenvalue weighted by molar-refractivity contribution is 5.71. The van der Waals surface area contributed by atoms with Crippen LogP contribution in [-0.4, -0.2) is 35.2 Å². The number of carbonyl (C=O) groups is 2. The molecule has 0 spiro atoms. The summed E-state index contributed by atoms with van der Waals surface area (Å²) in [5.41, 5.74) is 0.894. The Morgan fingerprint density at radius 3 is 2.50 bits per heavy atom. The third kappa shape index (κ3) is 4.45. The third-order valence-corrected chi connectivity index (χ3v) is 2.62. The van der Waals surface area contributed by atoms with E-state index in [-0.39, 0.29) is 13.0 Å². The van der Waals surface area contributed by atoms with Gasteiger partial charge in [-0.2, -0.15) is 0 Å². The predicted octanol–water partition coefficient (Wildman–Crippen LogP) is 2.12. The maximum Gasteiger partial charge on any atom is 0.410 e. The molecule has 0 saturated heterocycles. The highest BCUT2D eigenvalue weighted by atomic mass is 16.6. The SMILES string of the molecule is C[C@@H](CC(=O)O)N(C)C(=O)OCc1ccccc1. The standard InChI is InChI=1S/C13H17NO4/c1-10(8-12(15)16)14(2)13(17)18-9-11-6-4-3-5-7-11/h3-7,10H,8-9H2,1-2H3,(H,15,16)/t10-/m0/s1. The number of hydrogen-bond acceptors (Lipinski definition) is 3. The number of carbonyl (C=O) groups excluding carboxylic acids is 1. The van der Waals surface area contributed by atoms with Crippen LogP contribution in [0.25, 0.3) is 0 Å². The molecule has 0 unspecified atom stereocenters. The molecule has 0 fully saturated rings. The van der Waals surface area contributed by atoms with Gasteiger partial charge in [-0.3, -0.25) is 4.79 Å². The van der Waals surface area contributed by atoms with Crippen LogP contribution < -0.4 is 0 Å². The molecule has 98 valence electrons. The molecular formula is C13H17NO4. The Morgan fingerprint density at radius 2 is 1.94 bits per heavy atom. The molecule has 1 aromatic carbocycles. The number of amides is 1. The molecule has 0 aliphatic heterocycles. The fraction of sp³-hybridized carbons (Fsp3) is 0.385. The summed E-state index contributed by atoms with van der Waals surface area (Å²) in [5.74, 6) is -0.940. The van der Waals surface area contributed by atoms with Crippen molar-refractivity contribution in [3.8, 4) is 0 Å². The van der Waals surface area contributed by atoms with Gasteiger partial charge in [0, 0.05) is 13.1 Å². The summed E-state index contributed by atoms with van der Waals surface area (Å²) < 4.78 is 5.09. The Morgan fingerprint density at radius 1 is 1.33 bits per heavy atom. The minimum Gasteiger partial charge on any atom is -0.481 e. The highest BCUT2D eigenvalue weighted by Gasteiger charge is 2.19. The molecule has 1 amide bonds. The molecule has 5 heteroatoms. The maximum atomic E-state index is 11.7. The number of aliphatic carboxylic acids is 1. The van der Waals surface area contributed by atoms with Crippen LogP contribution in [0.1, 0.15) is 18.9 Å². The van der Waals surface area contributed by atoms with Crippen molar-refractivity contribution in [3.05, 3.63) is 35.9 Å². The van der Waals surface area contributed by atoms with Crippen molar-refractivity contribution in [2.24, 2.45) is 0 Å².